The van der Waals surface area contributed by atoms with Crippen molar-refractivity contribution in [2.24, 2.45) is 0 Å². The molecule has 0 bridgehead atoms. The number of nitrogen functional groups attached to an aromatic ring is 1. The van der Waals surface area contributed by atoms with Gasteiger partial charge in [0.15, 0.2) is 0 Å². The van der Waals surface area contributed by atoms with Crippen molar-refractivity contribution in [3.05, 3.63) is 11.9 Å². The summed E-state index contributed by atoms with van der Waals surface area (Å²) in [5, 5.41) is 4.18. The smallest absolute Gasteiger partial charge is 0.274 e. The second-order valence-electron chi connectivity index (χ2n) is 6.05. The fourth-order valence-electron chi connectivity index (χ4n) is 3.57. The van der Waals surface area contributed by atoms with Crippen molar-refractivity contribution >= 4 is 11.6 Å². The van der Waals surface area contributed by atoms with Crippen LogP contribution in [-0.4, -0.2) is 57.7 Å². The summed E-state index contributed by atoms with van der Waals surface area (Å²) in [6.07, 6.45) is 6.44. The van der Waals surface area contributed by atoms with Gasteiger partial charge in [-0.25, -0.2) is 0 Å². The average Bonchev–Trinajstić information content (AvgIpc) is 3.16. The van der Waals surface area contributed by atoms with Crippen molar-refractivity contribution in [2.75, 3.05) is 31.9 Å². The number of hydrogen-bond donors (Lipinski definition) is 1. The maximum Gasteiger partial charge on any atom is 0.274 e. The molecule has 0 aromatic carbocycles. The Morgan fingerprint density at radius 2 is 2.10 bits per heavy atom. The monoisotopic (exact) mass is 291 g/mol. The molecule has 1 aromatic rings. The number of likely N-dealkylation sites (tertiary alicyclic amines) is 2. The largest absolute Gasteiger partial charge is 0.396 e. The summed E-state index contributed by atoms with van der Waals surface area (Å²) in [7, 11) is 0. The fraction of sp³-hybridized carbons (Fsp3) is 0.733. The summed E-state index contributed by atoms with van der Waals surface area (Å²) in [5.74, 6) is 0.0377. The van der Waals surface area contributed by atoms with E-state index in [2.05, 4.69) is 10.00 Å². The molecule has 3 heterocycles. The summed E-state index contributed by atoms with van der Waals surface area (Å²) < 4.78 is 1.71. The Kier molecular flexibility index (Phi) is 4.14. The molecular formula is C15H25N5O. The quantitative estimate of drug-likeness (QED) is 0.908. The van der Waals surface area contributed by atoms with Crippen molar-refractivity contribution in [1.29, 1.82) is 0 Å². The third-order valence-electron chi connectivity index (χ3n) is 4.71. The van der Waals surface area contributed by atoms with Gasteiger partial charge in [0, 0.05) is 25.7 Å². The van der Waals surface area contributed by atoms with Crippen LogP contribution in [0.2, 0.25) is 0 Å². The van der Waals surface area contributed by atoms with E-state index in [0.717, 1.165) is 19.5 Å². The minimum atomic E-state index is 0.0377. The first-order valence-electron chi connectivity index (χ1n) is 8.05. The van der Waals surface area contributed by atoms with Crippen molar-refractivity contribution in [3.8, 4) is 0 Å². The van der Waals surface area contributed by atoms with Gasteiger partial charge in [0.05, 0.1) is 11.9 Å². The molecule has 2 saturated heterocycles. The number of amides is 1. The van der Waals surface area contributed by atoms with E-state index in [-0.39, 0.29) is 5.91 Å². The van der Waals surface area contributed by atoms with Gasteiger partial charge in [-0.15, -0.1) is 0 Å². The Labute approximate surface area is 125 Å². The van der Waals surface area contributed by atoms with Crippen LogP contribution < -0.4 is 5.73 Å². The van der Waals surface area contributed by atoms with Gasteiger partial charge in [-0.1, -0.05) is 0 Å². The van der Waals surface area contributed by atoms with Gasteiger partial charge in [-0.2, -0.15) is 5.10 Å². The molecule has 0 saturated carbocycles. The lowest BCUT2D eigenvalue weighted by Crippen LogP contribution is -2.49. The lowest BCUT2D eigenvalue weighted by Gasteiger charge is -2.37. The van der Waals surface area contributed by atoms with E-state index >= 15 is 0 Å². The highest BCUT2D eigenvalue weighted by Crippen LogP contribution is 2.23. The van der Waals surface area contributed by atoms with E-state index < -0.39 is 0 Å². The maximum absolute atomic E-state index is 12.8. The Bertz CT molecular complexity index is 506. The number of carbonyl (C=O) groups is 1. The lowest BCUT2D eigenvalue weighted by molar-refractivity contribution is 0.0597. The van der Waals surface area contributed by atoms with E-state index in [9.17, 15) is 4.79 Å². The number of anilines is 1. The third-order valence-corrected chi connectivity index (χ3v) is 4.71. The van der Waals surface area contributed by atoms with Crippen molar-refractivity contribution in [3.63, 3.8) is 0 Å². The highest BCUT2D eigenvalue weighted by atomic mass is 16.2. The number of nitrogens with two attached hydrogens (primary N) is 1. The van der Waals surface area contributed by atoms with Crippen LogP contribution in [0.15, 0.2) is 6.20 Å². The van der Waals surface area contributed by atoms with E-state index in [0.29, 0.717) is 24.0 Å². The molecule has 3 rings (SSSR count). The molecule has 116 valence electrons. The van der Waals surface area contributed by atoms with Gasteiger partial charge in [-0.3, -0.25) is 14.4 Å². The predicted octanol–water partition coefficient (Wildman–Crippen LogP) is 1.19. The SMILES string of the molecule is CCn1ncc(N)c1C(=O)N1CCCC(N2CCCC2)C1. The topological polar surface area (TPSA) is 67.4 Å². The number of rotatable bonds is 3. The molecule has 1 atom stereocenters. The van der Waals surface area contributed by atoms with Crippen LogP contribution in [0.1, 0.15) is 43.1 Å². The third kappa shape index (κ3) is 2.77. The molecule has 2 fully saturated rings. The zero-order valence-corrected chi connectivity index (χ0v) is 12.8. The van der Waals surface area contributed by atoms with Crippen molar-refractivity contribution in [1.82, 2.24) is 19.6 Å². The number of aromatic nitrogens is 2. The Balaban J connectivity index is 1.73. The number of nitrogens with zero attached hydrogens (tertiary/aromatic N) is 4. The molecule has 6 nitrogen and oxygen atoms in total. The highest BCUT2D eigenvalue weighted by Gasteiger charge is 2.31. The molecule has 1 aromatic heterocycles. The van der Waals surface area contributed by atoms with Crippen LogP contribution in [0.3, 0.4) is 0 Å². The van der Waals surface area contributed by atoms with Gasteiger partial charge < -0.3 is 10.6 Å². The van der Waals surface area contributed by atoms with Crippen LogP contribution in [0.5, 0.6) is 0 Å². The molecule has 1 amide bonds. The molecular weight excluding hydrogens is 266 g/mol. The van der Waals surface area contributed by atoms with Gasteiger partial charge in [0.2, 0.25) is 0 Å². The Hall–Kier alpha value is -1.56. The van der Waals surface area contributed by atoms with Gasteiger partial charge in [0.1, 0.15) is 5.69 Å². The van der Waals surface area contributed by atoms with Crippen molar-refractivity contribution < 1.29 is 4.79 Å². The number of aryl methyl sites for hydroxylation is 1. The Morgan fingerprint density at radius 3 is 2.81 bits per heavy atom. The minimum Gasteiger partial charge on any atom is -0.396 e. The highest BCUT2D eigenvalue weighted by molar-refractivity contribution is 5.97. The maximum atomic E-state index is 12.8. The number of piperidine rings is 1. The lowest BCUT2D eigenvalue weighted by atomic mass is 10.0. The van der Waals surface area contributed by atoms with E-state index in [4.69, 9.17) is 5.73 Å². The fourth-order valence-corrected chi connectivity index (χ4v) is 3.57. The van der Waals surface area contributed by atoms with Gasteiger partial charge >= 0.3 is 0 Å². The van der Waals surface area contributed by atoms with E-state index in [1.54, 1.807) is 10.9 Å². The van der Waals surface area contributed by atoms with E-state index in [1.807, 2.05) is 11.8 Å². The van der Waals surface area contributed by atoms with Gasteiger partial charge in [-0.05, 0) is 45.7 Å². The summed E-state index contributed by atoms with van der Waals surface area (Å²) in [5.41, 5.74) is 6.99. The molecule has 2 N–H and O–H groups in total. The average molecular weight is 291 g/mol. The number of carbonyl (C=O) groups excluding carboxylic acids is 1. The second kappa shape index (κ2) is 6.05. The zero-order chi connectivity index (χ0) is 14.8. The van der Waals surface area contributed by atoms with Crippen LogP contribution >= 0.6 is 0 Å². The predicted molar refractivity (Wildman–Crippen MR) is 82.0 cm³/mol. The molecule has 0 aliphatic carbocycles. The summed E-state index contributed by atoms with van der Waals surface area (Å²) >= 11 is 0. The molecule has 21 heavy (non-hydrogen) atoms. The summed E-state index contributed by atoms with van der Waals surface area (Å²) in [6.45, 7) is 6.67. The zero-order valence-electron chi connectivity index (χ0n) is 12.8. The minimum absolute atomic E-state index is 0.0377. The number of hydrogen-bond acceptors (Lipinski definition) is 4. The normalized spacial score (nSPS) is 23.7. The molecule has 2 aliphatic heterocycles. The van der Waals surface area contributed by atoms with E-state index in [1.165, 1.54) is 32.4 Å². The second-order valence-corrected chi connectivity index (χ2v) is 6.05. The summed E-state index contributed by atoms with van der Waals surface area (Å²) in [4.78, 5) is 17.3. The molecule has 0 spiro atoms. The first-order chi connectivity index (χ1) is 10.2. The molecule has 1 unspecified atom stereocenters. The van der Waals surface area contributed by atoms with Gasteiger partial charge in [0.25, 0.3) is 5.91 Å². The standard InChI is InChI=1S/C15H25N5O/c1-2-20-14(13(16)10-17-20)15(21)19-9-5-6-12(11-19)18-7-3-4-8-18/h10,12H,2-9,11,16H2,1H3. The van der Waals surface area contributed by atoms with Crippen LogP contribution in [0.4, 0.5) is 5.69 Å². The first-order valence-corrected chi connectivity index (χ1v) is 8.05. The van der Waals surface area contributed by atoms with Crippen LogP contribution in [-0.2, 0) is 6.54 Å². The van der Waals surface area contributed by atoms with Crippen LogP contribution in [0, 0.1) is 0 Å². The van der Waals surface area contributed by atoms with Crippen molar-refractivity contribution in [2.45, 2.75) is 45.2 Å². The van der Waals surface area contributed by atoms with Crippen LogP contribution in [0.25, 0.3) is 0 Å². The first kappa shape index (κ1) is 14.4. The molecule has 6 heteroatoms. The molecule has 2 aliphatic rings. The Morgan fingerprint density at radius 1 is 1.33 bits per heavy atom. The molecule has 0 radical (unpaired) electrons. The summed E-state index contributed by atoms with van der Waals surface area (Å²) in [6, 6.07) is 0.518.